The monoisotopic (exact) mass is 406 g/mol. The fourth-order valence-corrected chi connectivity index (χ4v) is 3.41. The molecule has 0 saturated heterocycles. The zero-order valence-electron chi connectivity index (χ0n) is 17.5. The van der Waals surface area contributed by atoms with Crippen LogP contribution in [0.15, 0.2) is 61.2 Å². The number of hydrogen-bond donors (Lipinski definition) is 2. The van der Waals surface area contributed by atoms with Crippen LogP contribution in [-0.2, 0) is 11.2 Å². The quantitative estimate of drug-likeness (QED) is 0.417. The van der Waals surface area contributed by atoms with Crippen molar-refractivity contribution in [3.8, 4) is 5.75 Å². The molecule has 156 valence electrons. The summed E-state index contributed by atoms with van der Waals surface area (Å²) in [5.41, 5.74) is 3.59. The lowest BCUT2D eigenvalue weighted by Gasteiger charge is -2.35. The molecule has 0 aliphatic carbocycles. The Morgan fingerprint density at radius 3 is 2.77 bits per heavy atom. The summed E-state index contributed by atoms with van der Waals surface area (Å²) in [5.74, 6) is 0.560. The first-order valence-corrected chi connectivity index (χ1v) is 9.67. The molecule has 0 bridgehead atoms. The standard InChI is InChI=1S/C24H26N2O4/c1-5-11-30-23(28)25-18-8-6-7-16(12-18)22(27)14-21-20-13-19(29-4)10-9-17(20)15-24(2,3)26-21/h5-10,12-14,26H,1,11,15H2,2-4H3,(H,25,28)/b21-14-. The van der Waals surface area contributed by atoms with Gasteiger partial charge in [-0.15, -0.1) is 0 Å². The minimum absolute atomic E-state index is 0.112. The van der Waals surface area contributed by atoms with E-state index in [2.05, 4.69) is 31.1 Å². The van der Waals surface area contributed by atoms with Crippen molar-refractivity contribution < 1.29 is 19.1 Å². The van der Waals surface area contributed by atoms with Crippen LogP contribution in [0.3, 0.4) is 0 Å². The van der Waals surface area contributed by atoms with E-state index in [0.717, 1.165) is 29.0 Å². The van der Waals surface area contributed by atoms with Crippen LogP contribution in [-0.4, -0.2) is 31.1 Å². The molecule has 2 aromatic rings. The highest BCUT2D eigenvalue weighted by Crippen LogP contribution is 2.32. The summed E-state index contributed by atoms with van der Waals surface area (Å²) in [6.45, 7) is 7.80. The van der Waals surface area contributed by atoms with E-state index in [9.17, 15) is 9.59 Å². The normalized spacial score (nSPS) is 15.5. The highest BCUT2D eigenvalue weighted by Gasteiger charge is 2.28. The summed E-state index contributed by atoms with van der Waals surface area (Å²) < 4.78 is 10.3. The van der Waals surface area contributed by atoms with E-state index < -0.39 is 6.09 Å². The van der Waals surface area contributed by atoms with Gasteiger partial charge >= 0.3 is 6.09 Å². The highest BCUT2D eigenvalue weighted by molar-refractivity contribution is 6.09. The Hall–Kier alpha value is -3.54. The van der Waals surface area contributed by atoms with Gasteiger partial charge in [0.1, 0.15) is 12.4 Å². The minimum Gasteiger partial charge on any atom is -0.497 e. The van der Waals surface area contributed by atoms with Crippen molar-refractivity contribution in [2.24, 2.45) is 0 Å². The number of carbonyl (C=O) groups excluding carboxylic acids is 2. The molecule has 1 heterocycles. The number of ketones is 1. The average molecular weight is 406 g/mol. The first-order valence-electron chi connectivity index (χ1n) is 9.67. The zero-order valence-corrected chi connectivity index (χ0v) is 17.5. The van der Waals surface area contributed by atoms with Gasteiger partial charge in [0.2, 0.25) is 0 Å². The third kappa shape index (κ3) is 5.08. The van der Waals surface area contributed by atoms with Crippen LogP contribution < -0.4 is 15.4 Å². The smallest absolute Gasteiger partial charge is 0.411 e. The minimum atomic E-state index is -0.602. The number of carbonyl (C=O) groups is 2. The predicted octanol–water partition coefficient (Wildman–Crippen LogP) is 4.58. The molecule has 6 heteroatoms. The molecule has 0 aromatic heterocycles. The second-order valence-electron chi connectivity index (χ2n) is 7.72. The van der Waals surface area contributed by atoms with Gasteiger partial charge in [0.25, 0.3) is 0 Å². The van der Waals surface area contributed by atoms with Crippen LogP contribution in [0.1, 0.15) is 35.3 Å². The molecule has 0 radical (unpaired) electrons. The summed E-state index contributed by atoms with van der Waals surface area (Å²) in [5, 5.41) is 6.06. The van der Waals surface area contributed by atoms with E-state index in [0.29, 0.717) is 11.3 Å². The van der Waals surface area contributed by atoms with Crippen LogP contribution in [0, 0.1) is 0 Å². The van der Waals surface area contributed by atoms with Gasteiger partial charge in [-0.05, 0) is 50.1 Å². The molecule has 30 heavy (non-hydrogen) atoms. The number of methoxy groups -OCH3 is 1. The molecule has 6 nitrogen and oxygen atoms in total. The predicted molar refractivity (Wildman–Crippen MR) is 118 cm³/mol. The van der Waals surface area contributed by atoms with Crippen molar-refractivity contribution in [1.82, 2.24) is 5.32 Å². The Morgan fingerprint density at radius 2 is 2.03 bits per heavy atom. The van der Waals surface area contributed by atoms with Crippen molar-refractivity contribution in [1.29, 1.82) is 0 Å². The van der Waals surface area contributed by atoms with E-state index in [1.807, 2.05) is 18.2 Å². The summed E-state index contributed by atoms with van der Waals surface area (Å²) in [6.07, 6.45) is 3.31. The fourth-order valence-electron chi connectivity index (χ4n) is 3.41. The Morgan fingerprint density at radius 1 is 1.23 bits per heavy atom. The van der Waals surface area contributed by atoms with Gasteiger partial charge in [-0.1, -0.05) is 30.9 Å². The second-order valence-corrected chi connectivity index (χ2v) is 7.72. The number of hydrogen-bond acceptors (Lipinski definition) is 5. The molecule has 0 saturated carbocycles. The molecular formula is C24H26N2O4. The number of benzene rings is 2. The van der Waals surface area contributed by atoms with E-state index in [4.69, 9.17) is 9.47 Å². The number of fused-ring (bicyclic) bond motifs is 1. The SMILES string of the molecule is C=CCOC(=O)Nc1cccc(C(=O)/C=C2\NC(C)(C)Cc3ccc(OC)cc32)c1. The van der Waals surface area contributed by atoms with Crippen molar-refractivity contribution in [2.45, 2.75) is 25.8 Å². The Bertz CT molecular complexity index is 1010. The van der Waals surface area contributed by atoms with Crippen molar-refractivity contribution in [3.05, 3.63) is 77.9 Å². The van der Waals surface area contributed by atoms with Crippen LogP contribution in [0.25, 0.3) is 5.70 Å². The van der Waals surface area contributed by atoms with Crippen molar-refractivity contribution in [3.63, 3.8) is 0 Å². The number of nitrogens with one attached hydrogen (secondary N) is 2. The van der Waals surface area contributed by atoms with Gasteiger partial charge in [-0.3, -0.25) is 10.1 Å². The Kier molecular flexibility index (Phi) is 6.26. The average Bonchev–Trinajstić information content (AvgIpc) is 2.71. The van der Waals surface area contributed by atoms with Crippen molar-refractivity contribution in [2.75, 3.05) is 19.0 Å². The summed E-state index contributed by atoms with van der Waals surface area (Å²) >= 11 is 0. The number of anilines is 1. The number of rotatable bonds is 6. The first-order chi connectivity index (χ1) is 14.3. The van der Waals surface area contributed by atoms with E-state index in [1.165, 1.54) is 6.08 Å². The van der Waals surface area contributed by atoms with E-state index in [1.54, 1.807) is 37.5 Å². The van der Waals surface area contributed by atoms with Crippen LogP contribution in [0.2, 0.25) is 0 Å². The molecule has 1 amide bonds. The molecule has 0 spiro atoms. The maximum Gasteiger partial charge on any atom is 0.411 e. The molecule has 2 N–H and O–H groups in total. The Labute approximate surface area is 176 Å². The lowest BCUT2D eigenvalue weighted by molar-refractivity contribution is 0.104. The van der Waals surface area contributed by atoms with Crippen LogP contribution in [0.4, 0.5) is 10.5 Å². The lowest BCUT2D eigenvalue weighted by Crippen LogP contribution is -2.43. The van der Waals surface area contributed by atoms with Gasteiger partial charge in [0.15, 0.2) is 5.78 Å². The number of allylic oxidation sites excluding steroid dienone is 1. The number of ether oxygens (including phenoxy) is 2. The van der Waals surface area contributed by atoms with E-state index in [-0.39, 0.29) is 17.9 Å². The molecule has 0 atom stereocenters. The molecule has 0 unspecified atom stereocenters. The maximum absolute atomic E-state index is 13.0. The summed E-state index contributed by atoms with van der Waals surface area (Å²) in [4.78, 5) is 24.7. The molecule has 2 aromatic carbocycles. The fraction of sp³-hybridized carbons (Fsp3) is 0.250. The maximum atomic E-state index is 13.0. The summed E-state index contributed by atoms with van der Waals surface area (Å²) in [7, 11) is 1.62. The van der Waals surface area contributed by atoms with Gasteiger partial charge in [-0.2, -0.15) is 0 Å². The van der Waals surface area contributed by atoms with Crippen LogP contribution in [0.5, 0.6) is 5.75 Å². The topological polar surface area (TPSA) is 76.7 Å². The molecule has 3 rings (SSSR count). The van der Waals surface area contributed by atoms with Crippen molar-refractivity contribution >= 4 is 23.3 Å². The third-order valence-electron chi connectivity index (χ3n) is 4.71. The summed E-state index contributed by atoms with van der Waals surface area (Å²) in [6, 6.07) is 12.6. The van der Waals surface area contributed by atoms with Gasteiger partial charge < -0.3 is 14.8 Å². The molecule has 0 fully saturated rings. The van der Waals surface area contributed by atoms with E-state index >= 15 is 0 Å². The highest BCUT2D eigenvalue weighted by atomic mass is 16.5. The Balaban J connectivity index is 1.88. The molecule has 1 aliphatic heterocycles. The largest absolute Gasteiger partial charge is 0.497 e. The van der Waals surface area contributed by atoms with Gasteiger partial charge in [0, 0.05) is 34.1 Å². The van der Waals surface area contributed by atoms with Crippen LogP contribution >= 0.6 is 0 Å². The zero-order chi connectivity index (χ0) is 21.7. The van der Waals surface area contributed by atoms with Gasteiger partial charge in [0.05, 0.1) is 7.11 Å². The van der Waals surface area contributed by atoms with Gasteiger partial charge in [-0.25, -0.2) is 4.79 Å². The first kappa shape index (κ1) is 21.2. The lowest BCUT2D eigenvalue weighted by atomic mass is 9.85. The number of amides is 1. The molecule has 1 aliphatic rings. The third-order valence-corrected chi connectivity index (χ3v) is 4.71. The molecular weight excluding hydrogens is 380 g/mol. The second kappa shape index (κ2) is 8.86.